The van der Waals surface area contributed by atoms with Crippen LogP contribution in [0.4, 0.5) is 5.69 Å². The number of hydrogen-bond donors (Lipinski definition) is 0. The molecular weight excluding hydrogens is 260 g/mol. The molecule has 0 aliphatic carbocycles. The molecule has 1 aromatic rings. The maximum Gasteiger partial charge on any atom is 0.322 e. The topological polar surface area (TPSA) is 81.3 Å². The van der Waals surface area contributed by atoms with Crippen molar-refractivity contribution in [3.8, 4) is 0 Å². The quantitative estimate of drug-likeness (QED) is 0.613. The van der Waals surface area contributed by atoms with Gasteiger partial charge in [0.1, 0.15) is 5.69 Å². The average Bonchev–Trinajstić information content (AvgIpc) is 2.65. The van der Waals surface area contributed by atoms with Crippen molar-refractivity contribution in [2.75, 3.05) is 0 Å². The third-order valence-electron chi connectivity index (χ3n) is 4.12. The molecule has 110 valence electrons. The summed E-state index contributed by atoms with van der Waals surface area (Å²) < 4.78 is 1.39. The number of amides is 1. The summed E-state index contributed by atoms with van der Waals surface area (Å²) in [5, 5.41) is 15.2. The van der Waals surface area contributed by atoms with Crippen LogP contribution in [0.1, 0.15) is 49.3 Å². The molecule has 1 aromatic heterocycles. The first kappa shape index (κ1) is 14.5. The fraction of sp³-hybridized carbons (Fsp3) is 0.692. The van der Waals surface area contributed by atoms with Gasteiger partial charge in [-0.2, -0.15) is 5.10 Å². The summed E-state index contributed by atoms with van der Waals surface area (Å²) >= 11 is 0. The summed E-state index contributed by atoms with van der Waals surface area (Å²) in [6, 6.07) is 0.182. The molecule has 20 heavy (non-hydrogen) atoms. The van der Waals surface area contributed by atoms with Gasteiger partial charge in [-0.15, -0.1) is 0 Å². The van der Waals surface area contributed by atoms with Crippen LogP contribution in [-0.4, -0.2) is 37.6 Å². The minimum Gasteiger partial charge on any atom is -0.332 e. The van der Waals surface area contributed by atoms with Crippen molar-refractivity contribution in [2.45, 2.75) is 52.1 Å². The standard InChI is InChI=1S/C13H20N4O3/c1-8-6-5-7-9(2)16(8)13(18)11-12(17(19)20)10(3)15(4)14-11/h8-9H,5-7H2,1-4H3/t8-,9+. The number of rotatable bonds is 2. The van der Waals surface area contributed by atoms with Gasteiger partial charge in [-0.25, -0.2) is 0 Å². The minimum absolute atomic E-state index is 0.0457. The van der Waals surface area contributed by atoms with E-state index in [0.29, 0.717) is 5.69 Å². The molecule has 0 N–H and O–H groups in total. The van der Waals surface area contributed by atoms with Gasteiger partial charge in [-0.1, -0.05) is 0 Å². The first-order chi connectivity index (χ1) is 9.34. The summed E-state index contributed by atoms with van der Waals surface area (Å²) in [7, 11) is 1.61. The smallest absolute Gasteiger partial charge is 0.322 e. The molecule has 1 aliphatic heterocycles. The Bertz CT molecular complexity index is 542. The summed E-state index contributed by atoms with van der Waals surface area (Å²) in [5.41, 5.74) is 0.175. The highest BCUT2D eigenvalue weighted by Gasteiger charge is 2.36. The number of carbonyl (C=O) groups is 1. The fourth-order valence-corrected chi connectivity index (χ4v) is 2.90. The molecule has 1 saturated heterocycles. The van der Waals surface area contributed by atoms with Crippen LogP contribution >= 0.6 is 0 Å². The van der Waals surface area contributed by atoms with Crippen LogP contribution in [-0.2, 0) is 7.05 Å². The van der Waals surface area contributed by atoms with Gasteiger partial charge in [0.2, 0.25) is 5.69 Å². The van der Waals surface area contributed by atoms with Crippen molar-refractivity contribution in [1.29, 1.82) is 0 Å². The molecular formula is C13H20N4O3. The predicted molar refractivity (Wildman–Crippen MR) is 73.5 cm³/mol. The molecule has 0 bridgehead atoms. The Morgan fingerprint density at radius 3 is 2.40 bits per heavy atom. The van der Waals surface area contributed by atoms with Crippen LogP contribution in [0.3, 0.4) is 0 Å². The second-order valence-electron chi connectivity index (χ2n) is 5.50. The summed E-state index contributed by atoms with van der Waals surface area (Å²) in [5.74, 6) is -0.333. The molecule has 2 heterocycles. The Morgan fingerprint density at radius 2 is 1.90 bits per heavy atom. The Kier molecular flexibility index (Phi) is 3.78. The van der Waals surface area contributed by atoms with Crippen molar-refractivity contribution in [3.63, 3.8) is 0 Å². The maximum absolute atomic E-state index is 12.7. The Labute approximate surface area is 117 Å². The highest BCUT2D eigenvalue weighted by Crippen LogP contribution is 2.28. The Balaban J connectivity index is 2.43. The molecule has 1 fully saturated rings. The molecule has 0 radical (unpaired) electrons. The molecule has 2 atom stereocenters. The Hall–Kier alpha value is -1.92. The number of hydrogen-bond acceptors (Lipinski definition) is 4. The number of aryl methyl sites for hydroxylation is 1. The number of carbonyl (C=O) groups excluding carboxylic acids is 1. The van der Waals surface area contributed by atoms with E-state index in [1.807, 2.05) is 13.8 Å². The van der Waals surface area contributed by atoms with Gasteiger partial charge in [0, 0.05) is 19.1 Å². The van der Waals surface area contributed by atoms with E-state index in [-0.39, 0.29) is 29.4 Å². The molecule has 1 aliphatic rings. The first-order valence-electron chi connectivity index (χ1n) is 6.85. The lowest BCUT2D eigenvalue weighted by atomic mass is 9.97. The largest absolute Gasteiger partial charge is 0.332 e. The molecule has 0 saturated carbocycles. The second-order valence-corrected chi connectivity index (χ2v) is 5.50. The van der Waals surface area contributed by atoms with Crippen molar-refractivity contribution in [1.82, 2.24) is 14.7 Å². The van der Waals surface area contributed by atoms with Crippen molar-refractivity contribution < 1.29 is 9.72 Å². The molecule has 0 spiro atoms. The van der Waals surface area contributed by atoms with Crippen LogP contribution in [0.5, 0.6) is 0 Å². The third kappa shape index (κ3) is 2.28. The first-order valence-corrected chi connectivity index (χ1v) is 6.85. The predicted octanol–water partition coefficient (Wildman–Crippen LogP) is 2.04. The van der Waals surface area contributed by atoms with Crippen LogP contribution in [0.15, 0.2) is 0 Å². The van der Waals surface area contributed by atoms with E-state index in [9.17, 15) is 14.9 Å². The fourth-order valence-electron chi connectivity index (χ4n) is 2.90. The lowest BCUT2D eigenvalue weighted by Crippen LogP contribution is -2.47. The lowest BCUT2D eigenvalue weighted by molar-refractivity contribution is -0.385. The van der Waals surface area contributed by atoms with Crippen LogP contribution in [0.2, 0.25) is 0 Å². The normalized spacial score (nSPS) is 22.9. The summed E-state index contributed by atoms with van der Waals surface area (Å²) in [4.78, 5) is 25.1. The highest BCUT2D eigenvalue weighted by atomic mass is 16.6. The summed E-state index contributed by atoms with van der Waals surface area (Å²) in [6.07, 6.45) is 2.93. The molecule has 0 aromatic carbocycles. The van der Waals surface area contributed by atoms with Crippen molar-refractivity contribution in [2.24, 2.45) is 7.05 Å². The van der Waals surface area contributed by atoms with E-state index in [1.54, 1.807) is 18.9 Å². The maximum atomic E-state index is 12.7. The van der Waals surface area contributed by atoms with Crippen molar-refractivity contribution in [3.05, 3.63) is 21.5 Å². The van der Waals surface area contributed by atoms with E-state index in [0.717, 1.165) is 19.3 Å². The average molecular weight is 280 g/mol. The van der Waals surface area contributed by atoms with E-state index in [2.05, 4.69) is 5.10 Å². The third-order valence-corrected chi connectivity index (χ3v) is 4.12. The van der Waals surface area contributed by atoms with E-state index >= 15 is 0 Å². The monoisotopic (exact) mass is 280 g/mol. The van der Waals surface area contributed by atoms with Gasteiger partial charge in [0.15, 0.2) is 0 Å². The van der Waals surface area contributed by atoms with Crippen LogP contribution in [0, 0.1) is 17.0 Å². The van der Waals surface area contributed by atoms with E-state index in [4.69, 9.17) is 0 Å². The zero-order valence-corrected chi connectivity index (χ0v) is 12.3. The van der Waals surface area contributed by atoms with Gasteiger partial charge < -0.3 is 4.90 Å². The molecule has 1 amide bonds. The number of aromatic nitrogens is 2. The van der Waals surface area contributed by atoms with E-state index < -0.39 is 4.92 Å². The van der Waals surface area contributed by atoms with Gasteiger partial charge in [-0.3, -0.25) is 19.6 Å². The van der Waals surface area contributed by atoms with Gasteiger partial charge >= 0.3 is 5.69 Å². The Morgan fingerprint density at radius 1 is 1.35 bits per heavy atom. The number of nitrogens with zero attached hydrogens (tertiary/aromatic N) is 4. The molecule has 7 heteroatoms. The van der Waals surface area contributed by atoms with Crippen LogP contribution < -0.4 is 0 Å². The van der Waals surface area contributed by atoms with E-state index in [1.165, 1.54) is 4.68 Å². The molecule has 0 unspecified atom stereocenters. The minimum atomic E-state index is -0.519. The molecule has 7 nitrogen and oxygen atoms in total. The highest BCUT2D eigenvalue weighted by molar-refractivity contribution is 5.97. The van der Waals surface area contributed by atoms with Gasteiger partial charge in [0.05, 0.1) is 4.92 Å². The number of piperidine rings is 1. The zero-order chi connectivity index (χ0) is 15.0. The lowest BCUT2D eigenvalue weighted by Gasteiger charge is -2.38. The van der Waals surface area contributed by atoms with Gasteiger partial charge in [0.25, 0.3) is 5.91 Å². The SMILES string of the molecule is Cc1c([N+](=O)[O-])c(C(=O)N2[C@H](C)CCC[C@@H]2C)nn1C. The number of nitro groups is 1. The van der Waals surface area contributed by atoms with Crippen LogP contribution in [0.25, 0.3) is 0 Å². The number of likely N-dealkylation sites (tertiary alicyclic amines) is 1. The summed E-state index contributed by atoms with van der Waals surface area (Å²) in [6.45, 7) is 5.56. The van der Waals surface area contributed by atoms with Gasteiger partial charge in [-0.05, 0) is 40.0 Å². The second kappa shape index (κ2) is 5.22. The molecule has 2 rings (SSSR count). The zero-order valence-electron chi connectivity index (χ0n) is 12.3. The van der Waals surface area contributed by atoms with Crippen molar-refractivity contribution >= 4 is 11.6 Å².